The number of carbonyl (C=O) groups is 1. The molecule has 0 aliphatic carbocycles. The summed E-state index contributed by atoms with van der Waals surface area (Å²) >= 11 is 0. The summed E-state index contributed by atoms with van der Waals surface area (Å²) in [7, 11) is 2.82. The van der Waals surface area contributed by atoms with Crippen molar-refractivity contribution >= 4 is 16.9 Å². The molecule has 11 heteroatoms. The number of halogens is 3. The van der Waals surface area contributed by atoms with Crippen molar-refractivity contribution in [3.8, 4) is 5.69 Å². The van der Waals surface area contributed by atoms with E-state index in [1.165, 1.54) is 41.7 Å². The number of imidazole rings is 1. The minimum atomic E-state index is -4.49. The van der Waals surface area contributed by atoms with Gasteiger partial charge < -0.3 is 9.13 Å². The van der Waals surface area contributed by atoms with Crippen molar-refractivity contribution in [2.75, 3.05) is 0 Å². The zero-order valence-electron chi connectivity index (χ0n) is 18.3. The number of hydrogen-bond acceptors (Lipinski definition) is 4. The Hall–Kier alpha value is -3.89. The van der Waals surface area contributed by atoms with E-state index in [2.05, 4.69) is 4.98 Å². The van der Waals surface area contributed by atoms with Gasteiger partial charge in [-0.2, -0.15) is 13.2 Å². The molecule has 0 unspecified atom stereocenters. The van der Waals surface area contributed by atoms with Crippen molar-refractivity contribution < 1.29 is 18.0 Å². The molecule has 0 saturated heterocycles. The monoisotopic (exact) mass is 459 g/mol. The van der Waals surface area contributed by atoms with Gasteiger partial charge in [-0.1, -0.05) is 6.07 Å². The molecule has 1 aromatic carbocycles. The van der Waals surface area contributed by atoms with Crippen LogP contribution in [-0.4, -0.2) is 29.0 Å². The van der Waals surface area contributed by atoms with Crippen LogP contribution in [0.5, 0.6) is 0 Å². The molecule has 3 heterocycles. The number of ketones is 1. The molecule has 3 aromatic heterocycles. The third-order valence-corrected chi connectivity index (χ3v) is 5.69. The molecule has 0 spiro atoms. The summed E-state index contributed by atoms with van der Waals surface area (Å²) in [4.78, 5) is 41.9. The first-order chi connectivity index (χ1) is 15.4. The van der Waals surface area contributed by atoms with Crippen LogP contribution in [0.25, 0.3) is 16.9 Å². The predicted molar refractivity (Wildman–Crippen MR) is 115 cm³/mol. The molecule has 33 heavy (non-hydrogen) atoms. The van der Waals surface area contributed by atoms with Crippen molar-refractivity contribution in [2.24, 2.45) is 14.1 Å². The fraction of sp³-hybridized carbons (Fsp3) is 0.273. The summed E-state index contributed by atoms with van der Waals surface area (Å²) in [5.41, 5.74) is 0.0352. The van der Waals surface area contributed by atoms with Crippen molar-refractivity contribution in [2.45, 2.75) is 26.6 Å². The van der Waals surface area contributed by atoms with Crippen LogP contribution in [0.15, 0.2) is 46.2 Å². The number of Topliss-reactive ketones (excluding diaryl/α,β-unsaturated/α-hetero) is 1. The third-order valence-electron chi connectivity index (χ3n) is 5.69. The highest BCUT2D eigenvalue weighted by molar-refractivity contribution is 5.98. The Labute approximate surface area is 185 Å². The van der Waals surface area contributed by atoms with Gasteiger partial charge in [-0.05, 0) is 38.1 Å². The van der Waals surface area contributed by atoms with Gasteiger partial charge in [-0.25, -0.2) is 9.78 Å². The Morgan fingerprint density at radius 3 is 2.42 bits per heavy atom. The molecular formula is C22H20F3N5O3. The highest BCUT2D eigenvalue weighted by Gasteiger charge is 2.31. The number of rotatable bonds is 4. The molecule has 0 saturated carbocycles. The van der Waals surface area contributed by atoms with Crippen LogP contribution in [0, 0.1) is 13.8 Å². The molecule has 0 aliphatic heterocycles. The van der Waals surface area contributed by atoms with Crippen molar-refractivity contribution in [1.29, 1.82) is 0 Å². The molecule has 0 radical (unpaired) electrons. The van der Waals surface area contributed by atoms with Crippen LogP contribution in [0.2, 0.25) is 0 Å². The van der Waals surface area contributed by atoms with Gasteiger partial charge in [0.05, 0.1) is 18.4 Å². The number of nitrogens with zero attached hydrogens (tertiary/aromatic N) is 5. The van der Waals surface area contributed by atoms with E-state index in [0.717, 1.165) is 16.7 Å². The van der Waals surface area contributed by atoms with E-state index in [0.29, 0.717) is 17.0 Å². The van der Waals surface area contributed by atoms with Gasteiger partial charge in [0.25, 0.3) is 5.56 Å². The smallest absolute Gasteiger partial charge is 0.318 e. The van der Waals surface area contributed by atoms with E-state index in [1.54, 1.807) is 24.5 Å². The van der Waals surface area contributed by atoms with E-state index in [-0.39, 0.29) is 29.2 Å². The van der Waals surface area contributed by atoms with Crippen LogP contribution in [0.3, 0.4) is 0 Å². The Balaban J connectivity index is 1.75. The summed E-state index contributed by atoms with van der Waals surface area (Å²) in [6.45, 7) is 3.12. The molecule has 0 N–H and O–H groups in total. The summed E-state index contributed by atoms with van der Waals surface area (Å²) in [5, 5.41) is 0. The first-order valence-electron chi connectivity index (χ1n) is 9.92. The molecule has 172 valence electrons. The fourth-order valence-corrected chi connectivity index (χ4v) is 4.02. The van der Waals surface area contributed by atoms with Crippen LogP contribution >= 0.6 is 0 Å². The van der Waals surface area contributed by atoms with Gasteiger partial charge in [0.1, 0.15) is 0 Å². The van der Waals surface area contributed by atoms with Crippen molar-refractivity contribution in [1.82, 2.24) is 23.3 Å². The molecule has 8 nitrogen and oxygen atoms in total. The molecule has 0 fully saturated rings. The fourth-order valence-electron chi connectivity index (χ4n) is 4.02. The summed E-state index contributed by atoms with van der Waals surface area (Å²) in [6, 6.07) is 6.47. The van der Waals surface area contributed by atoms with E-state index in [9.17, 15) is 27.6 Å². The van der Waals surface area contributed by atoms with Crippen molar-refractivity contribution in [3.63, 3.8) is 0 Å². The lowest BCUT2D eigenvalue weighted by Crippen LogP contribution is -2.37. The number of aryl methyl sites for hydroxylation is 2. The Bertz CT molecular complexity index is 1540. The number of carbonyl (C=O) groups excluding carboxylic acids is 1. The quantitative estimate of drug-likeness (QED) is 0.440. The maximum Gasteiger partial charge on any atom is 0.416 e. The minimum Gasteiger partial charge on any atom is -0.318 e. The summed E-state index contributed by atoms with van der Waals surface area (Å²) in [6.07, 6.45) is -3.17. The maximum atomic E-state index is 13.2. The van der Waals surface area contributed by atoms with Crippen LogP contribution < -0.4 is 11.2 Å². The topological polar surface area (TPSA) is 83.8 Å². The molecule has 0 aliphatic rings. The number of alkyl halides is 3. The summed E-state index contributed by atoms with van der Waals surface area (Å²) < 4.78 is 44.6. The molecular weight excluding hydrogens is 439 g/mol. The average Bonchev–Trinajstić information content (AvgIpc) is 3.30. The first kappa shape index (κ1) is 22.3. The highest BCUT2D eigenvalue weighted by Crippen LogP contribution is 2.31. The molecule has 0 bridgehead atoms. The second-order valence-electron chi connectivity index (χ2n) is 7.84. The Morgan fingerprint density at radius 2 is 1.76 bits per heavy atom. The number of hydrogen-bond donors (Lipinski definition) is 0. The molecule has 0 amide bonds. The first-order valence-corrected chi connectivity index (χ1v) is 9.92. The van der Waals surface area contributed by atoms with Gasteiger partial charge in [-0.15, -0.1) is 0 Å². The second-order valence-corrected chi connectivity index (χ2v) is 7.84. The van der Waals surface area contributed by atoms with Gasteiger partial charge in [-0.3, -0.25) is 18.7 Å². The standard InChI is InChI=1S/C22H20F3N5O3/c1-12-8-16(13(2)30(12)15-7-5-6-14(9-15)22(23,24)25)17(31)10-29-11-26-19-18(29)20(32)28(4)21(33)27(19)3/h5-9,11H,10H2,1-4H3. The van der Waals surface area contributed by atoms with Gasteiger partial charge >= 0.3 is 11.9 Å². The summed E-state index contributed by atoms with van der Waals surface area (Å²) in [5.74, 6) is -0.350. The molecule has 4 rings (SSSR count). The van der Waals surface area contributed by atoms with Gasteiger partial charge in [0, 0.05) is 36.7 Å². The largest absolute Gasteiger partial charge is 0.416 e. The van der Waals surface area contributed by atoms with E-state index in [4.69, 9.17) is 0 Å². The second kappa shape index (κ2) is 7.61. The maximum absolute atomic E-state index is 13.2. The Morgan fingerprint density at radius 1 is 1.06 bits per heavy atom. The minimum absolute atomic E-state index is 0.111. The van der Waals surface area contributed by atoms with Crippen LogP contribution in [-0.2, 0) is 26.8 Å². The number of benzene rings is 1. The van der Waals surface area contributed by atoms with Gasteiger partial charge in [0.15, 0.2) is 16.9 Å². The molecule has 0 atom stereocenters. The normalized spacial score (nSPS) is 12.0. The number of fused-ring (bicyclic) bond motifs is 1. The lowest BCUT2D eigenvalue weighted by Gasteiger charge is -2.13. The Kier molecular flexibility index (Phi) is 5.14. The zero-order valence-corrected chi connectivity index (χ0v) is 18.3. The van der Waals surface area contributed by atoms with Gasteiger partial charge in [0.2, 0.25) is 0 Å². The molecule has 4 aromatic rings. The predicted octanol–water partition coefficient (Wildman–Crippen LogP) is 2.74. The van der Waals surface area contributed by atoms with Crippen LogP contribution in [0.4, 0.5) is 13.2 Å². The average molecular weight is 459 g/mol. The van der Waals surface area contributed by atoms with E-state index in [1.807, 2.05) is 0 Å². The number of aromatic nitrogens is 5. The van der Waals surface area contributed by atoms with Crippen molar-refractivity contribution in [3.05, 3.63) is 80.0 Å². The SMILES string of the molecule is Cc1cc(C(=O)Cn2cnc3c2c(=O)n(C)c(=O)n3C)c(C)n1-c1cccc(C(F)(F)F)c1. The highest BCUT2D eigenvalue weighted by atomic mass is 19.4. The zero-order chi connectivity index (χ0) is 24.2. The lowest BCUT2D eigenvalue weighted by molar-refractivity contribution is -0.137. The van der Waals surface area contributed by atoms with E-state index < -0.39 is 23.0 Å². The van der Waals surface area contributed by atoms with Crippen LogP contribution in [0.1, 0.15) is 27.3 Å². The van der Waals surface area contributed by atoms with E-state index >= 15 is 0 Å². The third kappa shape index (κ3) is 3.59. The lowest BCUT2D eigenvalue weighted by atomic mass is 10.1.